The van der Waals surface area contributed by atoms with Crippen LogP contribution in [0.25, 0.3) is 6.08 Å². The smallest absolute Gasteiger partial charge is 0.331 e. The van der Waals surface area contributed by atoms with Crippen molar-refractivity contribution in [1.82, 2.24) is 5.32 Å². The molecule has 0 atom stereocenters. The Morgan fingerprint density at radius 2 is 1.67 bits per heavy atom. The van der Waals surface area contributed by atoms with Crippen molar-refractivity contribution in [2.75, 3.05) is 6.61 Å². The summed E-state index contributed by atoms with van der Waals surface area (Å²) in [4.78, 5) is 45.3. The van der Waals surface area contributed by atoms with E-state index in [0.29, 0.717) is 0 Å². The molecule has 138 valence electrons. The molecule has 0 heterocycles. The number of amides is 2. The van der Waals surface area contributed by atoms with Crippen LogP contribution in [0.15, 0.2) is 60.7 Å². The number of nitrogens with one attached hydrogen (secondary N) is 1. The number of imide groups is 1. The number of carbonyl (C=O) groups excluding carboxylic acids is 3. The maximum Gasteiger partial charge on any atom is 0.331 e. The molecule has 0 saturated carbocycles. The maximum atomic E-state index is 11.7. The summed E-state index contributed by atoms with van der Waals surface area (Å²) < 4.78 is 4.72. The molecule has 0 spiro atoms. The number of rotatable bonds is 7. The van der Waals surface area contributed by atoms with Crippen LogP contribution < -0.4 is 5.32 Å². The zero-order valence-corrected chi connectivity index (χ0v) is 14.2. The second-order valence-corrected chi connectivity index (χ2v) is 5.39. The first-order chi connectivity index (χ1) is 13.0. The van der Waals surface area contributed by atoms with Gasteiger partial charge in [-0.3, -0.25) is 25.0 Å². The van der Waals surface area contributed by atoms with Crippen molar-refractivity contribution in [2.45, 2.75) is 6.42 Å². The lowest BCUT2D eigenvalue weighted by Crippen LogP contribution is -2.35. The Kier molecular flexibility index (Phi) is 6.95. The standard InChI is InChI=1S/C19H16N2O6/c22-17(12-14-6-2-1-3-7-14)20-18(23)13-27-19(24)11-10-15-8-4-5-9-16(15)21(25)26/h1-11H,12-13H2,(H,20,22,23)/b11-10+. The Labute approximate surface area is 154 Å². The third-order valence-corrected chi connectivity index (χ3v) is 3.36. The fraction of sp³-hybridized carbons (Fsp3) is 0.105. The molecule has 0 aliphatic rings. The van der Waals surface area contributed by atoms with Gasteiger partial charge in [-0.15, -0.1) is 0 Å². The molecule has 0 bridgehead atoms. The number of esters is 1. The van der Waals surface area contributed by atoms with Gasteiger partial charge in [0.2, 0.25) is 5.91 Å². The lowest BCUT2D eigenvalue weighted by Gasteiger charge is -2.04. The minimum Gasteiger partial charge on any atom is -0.452 e. The van der Waals surface area contributed by atoms with Crippen LogP contribution in [0.5, 0.6) is 0 Å². The average Bonchev–Trinajstić information content (AvgIpc) is 2.65. The van der Waals surface area contributed by atoms with E-state index in [-0.39, 0.29) is 17.7 Å². The second kappa shape index (κ2) is 9.62. The number of ether oxygens (including phenoxy) is 1. The normalized spacial score (nSPS) is 10.4. The van der Waals surface area contributed by atoms with Gasteiger partial charge in [0.05, 0.1) is 16.9 Å². The van der Waals surface area contributed by atoms with Gasteiger partial charge in [-0.05, 0) is 17.7 Å². The molecule has 8 nitrogen and oxygen atoms in total. The van der Waals surface area contributed by atoms with Crippen LogP contribution in [-0.4, -0.2) is 29.3 Å². The van der Waals surface area contributed by atoms with Gasteiger partial charge in [0, 0.05) is 12.1 Å². The predicted molar refractivity (Wildman–Crippen MR) is 96.4 cm³/mol. The van der Waals surface area contributed by atoms with Crippen LogP contribution >= 0.6 is 0 Å². The summed E-state index contributed by atoms with van der Waals surface area (Å²) >= 11 is 0. The van der Waals surface area contributed by atoms with E-state index in [1.54, 1.807) is 30.3 Å². The molecule has 0 saturated heterocycles. The number of nitro groups is 1. The Bertz CT molecular complexity index is 877. The van der Waals surface area contributed by atoms with E-state index >= 15 is 0 Å². The van der Waals surface area contributed by atoms with Crippen molar-refractivity contribution in [3.8, 4) is 0 Å². The first-order valence-corrected chi connectivity index (χ1v) is 7.90. The largest absolute Gasteiger partial charge is 0.452 e. The molecular formula is C19H16N2O6. The van der Waals surface area contributed by atoms with Gasteiger partial charge in [0.1, 0.15) is 0 Å². The van der Waals surface area contributed by atoms with E-state index in [1.165, 1.54) is 24.3 Å². The Morgan fingerprint density at radius 3 is 2.37 bits per heavy atom. The van der Waals surface area contributed by atoms with Gasteiger partial charge in [0.15, 0.2) is 6.61 Å². The summed E-state index contributed by atoms with van der Waals surface area (Å²) in [6.07, 6.45) is 2.22. The summed E-state index contributed by atoms with van der Waals surface area (Å²) in [6.45, 7) is -0.638. The van der Waals surface area contributed by atoms with Gasteiger partial charge in [-0.1, -0.05) is 42.5 Å². The van der Waals surface area contributed by atoms with Crippen LogP contribution in [0.3, 0.4) is 0 Å². The van der Waals surface area contributed by atoms with Crippen LogP contribution in [0.2, 0.25) is 0 Å². The molecule has 2 rings (SSSR count). The lowest BCUT2D eigenvalue weighted by molar-refractivity contribution is -0.385. The lowest BCUT2D eigenvalue weighted by atomic mass is 10.1. The summed E-state index contributed by atoms with van der Waals surface area (Å²) in [5.41, 5.74) is 0.805. The number of nitrogens with zero attached hydrogens (tertiary/aromatic N) is 1. The van der Waals surface area contributed by atoms with Crippen LogP contribution in [0, 0.1) is 10.1 Å². The third kappa shape index (κ3) is 6.54. The highest BCUT2D eigenvalue weighted by atomic mass is 16.6. The molecule has 27 heavy (non-hydrogen) atoms. The SMILES string of the molecule is O=C(COC(=O)/C=C/c1ccccc1[N+](=O)[O-])NC(=O)Cc1ccccc1. The molecule has 2 aromatic carbocycles. The zero-order chi connectivity index (χ0) is 19.6. The highest BCUT2D eigenvalue weighted by Crippen LogP contribution is 2.18. The van der Waals surface area contributed by atoms with E-state index in [4.69, 9.17) is 4.74 Å². The van der Waals surface area contributed by atoms with Crippen LogP contribution in [0.1, 0.15) is 11.1 Å². The van der Waals surface area contributed by atoms with Crippen molar-refractivity contribution in [3.63, 3.8) is 0 Å². The number of carbonyl (C=O) groups is 3. The van der Waals surface area contributed by atoms with E-state index in [2.05, 4.69) is 5.32 Å². The number of para-hydroxylation sites is 1. The molecule has 0 aromatic heterocycles. The molecule has 2 amide bonds. The topological polar surface area (TPSA) is 116 Å². The van der Waals surface area contributed by atoms with Gasteiger partial charge in [0.25, 0.3) is 11.6 Å². The van der Waals surface area contributed by atoms with E-state index in [9.17, 15) is 24.5 Å². The molecular weight excluding hydrogens is 352 g/mol. The van der Waals surface area contributed by atoms with Crippen molar-refractivity contribution in [2.24, 2.45) is 0 Å². The first kappa shape index (κ1) is 19.5. The number of hydrogen-bond acceptors (Lipinski definition) is 6. The van der Waals surface area contributed by atoms with Crippen LogP contribution in [0.4, 0.5) is 5.69 Å². The maximum absolute atomic E-state index is 11.7. The van der Waals surface area contributed by atoms with Gasteiger partial charge < -0.3 is 4.74 Å². The second-order valence-electron chi connectivity index (χ2n) is 5.39. The van der Waals surface area contributed by atoms with Crippen molar-refractivity contribution >= 4 is 29.5 Å². The molecule has 0 aliphatic heterocycles. The molecule has 2 aromatic rings. The molecule has 8 heteroatoms. The number of benzene rings is 2. The first-order valence-electron chi connectivity index (χ1n) is 7.90. The highest BCUT2D eigenvalue weighted by Gasteiger charge is 2.12. The van der Waals surface area contributed by atoms with E-state index in [0.717, 1.165) is 11.6 Å². The summed E-state index contributed by atoms with van der Waals surface area (Å²) in [7, 11) is 0. The van der Waals surface area contributed by atoms with Crippen molar-refractivity contribution in [1.29, 1.82) is 0 Å². The zero-order valence-electron chi connectivity index (χ0n) is 14.2. The summed E-state index contributed by atoms with van der Waals surface area (Å²) in [6, 6.07) is 14.7. The fourth-order valence-electron chi connectivity index (χ4n) is 2.15. The molecule has 0 fully saturated rings. The van der Waals surface area contributed by atoms with Crippen molar-refractivity contribution < 1.29 is 24.0 Å². The molecule has 1 N–H and O–H groups in total. The summed E-state index contributed by atoms with van der Waals surface area (Å²) in [5.74, 6) is -2.14. The Morgan fingerprint density at radius 1 is 1.00 bits per heavy atom. The highest BCUT2D eigenvalue weighted by molar-refractivity contribution is 5.98. The fourth-order valence-corrected chi connectivity index (χ4v) is 2.15. The average molecular weight is 368 g/mol. The minimum absolute atomic E-state index is 0.0259. The predicted octanol–water partition coefficient (Wildman–Crippen LogP) is 2.04. The number of nitro benzene ring substituents is 1. The Hall–Kier alpha value is -3.81. The van der Waals surface area contributed by atoms with Crippen LogP contribution in [-0.2, 0) is 25.5 Å². The van der Waals surface area contributed by atoms with Crippen molar-refractivity contribution in [3.05, 3.63) is 81.9 Å². The van der Waals surface area contributed by atoms with Gasteiger partial charge >= 0.3 is 5.97 Å². The molecule has 0 unspecified atom stereocenters. The quantitative estimate of drug-likeness (QED) is 0.346. The summed E-state index contributed by atoms with van der Waals surface area (Å²) in [5, 5.41) is 13.0. The Balaban J connectivity index is 1.80. The molecule has 0 radical (unpaired) electrons. The van der Waals surface area contributed by atoms with Gasteiger partial charge in [-0.2, -0.15) is 0 Å². The monoisotopic (exact) mass is 368 g/mol. The molecule has 0 aliphatic carbocycles. The third-order valence-electron chi connectivity index (χ3n) is 3.36. The minimum atomic E-state index is -0.862. The number of hydrogen-bond donors (Lipinski definition) is 1. The van der Waals surface area contributed by atoms with E-state index < -0.39 is 29.3 Å². The van der Waals surface area contributed by atoms with Gasteiger partial charge in [-0.25, -0.2) is 4.79 Å². The van der Waals surface area contributed by atoms with E-state index in [1.807, 2.05) is 6.07 Å².